The van der Waals surface area contributed by atoms with Crippen LogP contribution in [-0.4, -0.2) is 37.1 Å². The molecule has 0 saturated carbocycles. The Morgan fingerprint density at radius 3 is 2.36 bits per heavy atom. The van der Waals surface area contributed by atoms with Gasteiger partial charge < -0.3 is 10.2 Å². The molecule has 0 aromatic carbocycles. The third-order valence-electron chi connectivity index (χ3n) is 3.34. The Labute approximate surface area is 89.1 Å². The first-order chi connectivity index (χ1) is 6.63. The Balaban J connectivity index is 2.18. The van der Waals surface area contributed by atoms with Crippen molar-refractivity contribution in [1.82, 2.24) is 10.2 Å². The number of nitrogens with zero attached hydrogens (tertiary/aromatic N) is 1. The second-order valence-electron chi connectivity index (χ2n) is 5.03. The maximum Gasteiger partial charge on any atom is 0.0166 e. The quantitative estimate of drug-likeness (QED) is 0.726. The van der Waals surface area contributed by atoms with Crippen molar-refractivity contribution >= 4 is 0 Å². The molecule has 1 aliphatic heterocycles. The molecule has 2 nitrogen and oxygen atoms in total. The molecule has 1 aliphatic rings. The van der Waals surface area contributed by atoms with Crippen molar-refractivity contribution in [2.75, 3.05) is 26.2 Å². The Bertz CT molecular complexity index is 148. The van der Waals surface area contributed by atoms with Gasteiger partial charge in [-0.1, -0.05) is 20.8 Å². The van der Waals surface area contributed by atoms with Crippen LogP contribution in [0.15, 0.2) is 0 Å². The van der Waals surface area contributed by atoms with Crippen molar-refractivity contribution < 1.29 is 0 Å². The molecule has 1 rings (SSSR count). The fourth-order valence-electron chi connectivity index (χ4n) is 2.24. The molecule has 1 fully saturated rings. The molecule has 3 atom stereocenters. The zero-order valence-corrected chi connectivity index (χ0v) is 10.2. The predicted molar refractivity (Wildman–Crippen MR) is 62.5 cm³/mol. The van der Waals surface area contributed by atoms with Gasteiger partial charge in [-0.3, -0.25) is 0 Å². The van der Waals surface area contributed by atoms with E-state index in [4.69, 9.17) is 0 Å². The Morgan fingerprint density at radius 1 is 1.29 bits per heavy atom. The third-order valence-corrected chi connectivity index (χ3v) is 3.34. The summed E-state index contributed by atoms with van der Waals surface area (Å²) in [6, 6.07) is 0.646. The zero-order chi connectivity index (χ0) is 10.6. The van der Waals surface area contributed by atoms with Crippen LogP contribution in [0.4, 0.5) is 0 Å². The summed E-state index contributed by atoms with van der Waals surface area (Å²) in [6.45, 7) is 14.2. The maximum atomic E-state index is 3.55. The summed E-state index contributed by atoms with van der Waals surface area (Å²) in [6.07, 6.45) is 1.23. The molecule has 1 heterocycles. The molecule has 0 aliphatic carbocycles. The second kappa shape index (κ2) is 5.72. The number of hydrogen-bond acceptors (Lipinski definition) is 2. The largest absolute Gasteiger partial charge is 0.313 e. The van der Waals surface area contributed by atoms with Gasteiger partial charge in [-0.25, -0.2) is 0 Å². The number of hydrogen-bond donors (Lipinski definition) is 1. The second-order valence-corrected chi connectivity index (χ2v) is 5.03. The molecule has 1 N–H and O–H groups in total. The zero-order valence-electron chi connectivity index (χ0n) is 10.2. The van der Waals surface area contributed by atoms with Crippen LogP contribution in [-0.2, 0) is 0 Å². The van der Waals surface area contributed by atoms with E-state index in [9.17, 15) is 0 Å². The third kappa shape index (κ3) is 3.58. The lowest BCUT2D eigenvalue weighted by Gasteiger charge is -2.21. The van der Waals surface area contributed by atoms with Crippen LogP contribution >= 0.6 is 0 Å². The average molecular weight is 198 g/mol. The lowest BCUT2D eigenvalue weighted by Crippen LogP contribution is -2.38. The van der Waals surface area contributed by atoms with Crippen molar-refractivity contribution in [2.45, 2.75) is 40.2 Å². The van der Waals surface area contributed by atoms with E-state index in [1.807, 2.05) is 0 Å². The summed E-state index contributed by atoms with van der Waals surface area (Å²) in [5, 5.41) is 3.55. The minimum absolute atomic E-state index is 0.646. The van der Waals surface area contributed by atoms with Crippen LogP contribution < -0.4 is 5.32 Å². The minimum atomic E-state index is 0.646. The summed E-state index contributed by atoms with van der Waals surface area (Å²) in [5.74, 6) is 1.77. The summed E-state index contributed by atoms with van der Waals surface area (Å²) >= 11 is 0. The fourth-order valence-corrected chi connectivity index (χ4v) is 2.24. The van der Waals surface area contributed by atoms with Crippen molar-refractivity contribution in [3.8, 4) is 0 Å². The minimum Gasteiger partial charge on any atom is -0.313 e. The first-order valence-corrected chi connectivity index (χ1v) is 6.09. The van der Waals surface area contributed by atoms with Crippen LogP contribution in [0.1, 0.15) is 34.1 Å². The van der Waals surface area contributed by atoms with E-state index < -0.39 is 0 Å². The number of rotatable bonds is 5. The molecular formula is C12H26N2. The smallest absolute Gasteiger partial charge is 0.0166 e. The fraction of sp³-hybridized carbons (Fsp3) is 1.00. The van der Waals surface area contributed by atoms with E-state index in [1.165, 1.54) is 26.1 Å². The molecule has 0 aromatic rings. The van der Waals surface area contributed by atoms with E-state index in [0.29, 0.717) is 6.04 Å². The van der Waals surface area contributed by atoms with E-state index in [2.05, 4.69) is 37.9 Å². The van der Waals surface area contributed by atoms with Gasteiger partial charge in [-0.15, -0.1) is 0 Å². The first-order valence-electron chi connectivity index (χ1n) is 6.09. The van der Waals surface area contributed by atoms with Gasteiger partial charge in [-0.05, 0) is 31.7 Å². The van der Waals surface area contributed by atoms with Crippen LogP contribution in [0.5, 0.6) is 0 Å². The SMILES string of the molecule is CCCNC(C)CN1CC(C)C(C)C1. The van der Waals surface area contributed by atoms with Crippen LogP contribution in [0, 0.1) is 11.8 Å². The summed E-state index contributed by atoms with van der Waals surface area (Å²) < 4.78 is 0. The molecule has 0 bridgehead atoms. The standard InChI is InChI=1S/C12H26N2/c1-5-6-13-12(4)9-14-7-10(2)11(3)8-14/h10-13H,5-9H2,1-4H3. The monoisotopic (exact) mass is 198 g/mol. The topological polar surface area (TPSA) is 15.3 Å². The highest BCUT2D eigenvalue weighted by atomic mass is 15.2. The molecule has 3 unspecified atom stereocenters. The van der Waals surface area contributed by atoms with Gasteiger partial charge in [0.25, 0.3) is 0 Å². The normalized spacial score (nSPS) is 30.9. The highest BCUT2D eigenvalue weighted by Crippen LogP contribution is 2.21. The van der Waals surface area contributed by atoms with E-state index in [1.54, 1.807) is 0 Å². The van der Waals surface area contributed by atoms with Crippen LogP contribution in [0.25, 0.3) is 0 Å². The molecule has 2 heteroatoms. The molecule has 1 saturated heterocycles. The lowest BCUT2D eigenvalue weighted by molar-refractivity contribution is 0.288. The van der Waals surface area contributed by atoms with Crippen LogP contribution in [0.2, 0.25) is 0 Å². The van der Waals surface area contributed by atoms with Gasteiger partial charge in [-0.2, -0.15) is 0 Å². The highest BCUT2D eigenvalue weighted by Gasteiger charge is 2.26. The average Bonchev–Trinajstić information content (AvgIpc) is 2.42. The van der Waals surface area contributed by atoms with Gasteiger partial charge in [0.15, 0.2) is 0 Å². The summed E-state index contributed by atoms with van der Waals surface area (Å²) in [5.41, 5.74) is 0. The molecule has 14 heavy (non-hydrogen) atoms. The van der Waals surface area contributed by atoms with Gasteiger partial charge in [0.05, 0.1) is 0 Å². The van der Waals surface area contributed by atoms with Crippen molar-refractivity contribution in [1.29, 1.82) is 0 Å². The number of nitrogens with one attached hydrogen (secondary N) is 1. The predicted octanol–water partition coefficient (Wildman–Crippen LogP) is 1.96. The van der Waals surface area contributed by atoms with Crippen molar-refractivity contribution in [3.63, 3.8) is 0 Å². The van der Waals surface area contributed by atoms with Crippen molar-refractivity contribution in [2.24, 2.45) is 11.8 Å². The van der Waals surface area contributed by atoms with Crippen molar-refractivity contribution in [3.05, 3.63) is 0 Å². The van der Waals surface area contributed by atoms with E-state index >= 15 is 0 Å². The molecule has 0 spiro atoms. The van der Waals surface area contributed by atoms with Gasteiger partial charge in [0.2, 0.25) is 0 Å². The Hall–Kier alpha value is -0.0800. The Kier molecular flexibility index (Phi) is 4.90. The molecular weight excluding hydrogens is 172 g/mol. The molecule has 0 amide bonds. The van der Waals surface area contributed by atoms with Gasteiger partial charge in [0.1, 0.15) is 0 Å². The molecule has 0 aromatic heterocycles. The maximum absolute atomic E-state index is 3.55. The molecule has 0 radical (unpaired) electrons. The van der Waals surface area contributed by atoms with Gasteiger partial charge >= 0.3 is 0 Å². The Morgan fingerprint density at radius 2 is 1.86 bits per heavy atom. The molecule has 84 valence electrons. The van der Waals surface area contributed by atoms with Gasteiger partial charge in [0, 0.05) is 25.7 Å². The summed E-state index contributed by atoms with van der Waals surface area (Å²) in [4.78, 5) is 2.60. The number of likely N-dealkylation sites (tertiary alicyclic amines) is 1. The highest BCUT2D eigenvalue weighted by molar-refractivity contribution is 4.80. The van der Waals surface area contributed by atoms with Crippen LogP contribution in [0.3, 0.4) is 0 Å². The summed E-state index contributed by atoms with van der Waals surface area (Å²) in [7, 11) is 0. The van der Waals surface area contributed by atoms with E-state index in [0.717, 1.165) is 18.4 Å². The first kappa shape index (κ1) is 12.0. The lowest BCUT2D eigenvalue weighted by atomic mass is 10.0. The van der Waals surface area contributed by atoms with E-state index in [-0.39, 0.29) is 0 Å².